The van der Waals surface area contributed by atoms with Gasteiger partial charge < -0.3 is 19.8 Å². The molecule has 0 bridgehead atoms. The van der Waals surface area contributed by atoms with Crippen molar-refractivity contribution >= 4 is 28.9 Å². The number of anilines is 3. The molecular formula is C25H23N3O4. The molecule has 5 rings (SSSR count). The number of hydrogen-bond acceptors (Lipinski definition) is 5. The molecule has 1 aliphatic heterocycles. The van der Waals surface area contributed by atoms with Gasteiger partial charge in [0.25, 0.3) is 0 Å². The predicted molar refractivity (Wildman–Crippen MR) is 122 cm³/mol. The van der Waals surface area contributed by atoms with Crippen molar-refractivity contribution in [1.82, 2.24) is 0 Å². The third-order valence-corrected chi connectivity index (χ3v) is 5.81. The van der Waals surface area contributed by atoms with Crippen LogP contribution in [0.15, 0.2) is 82.6 Å². The first-order valence-corrected chi connectivity index (χ1v) is 10.6. The molecule has 7 heteroatoms. The number of Topliss-reactive ketones (excluding diaryl/α,β-unsaturated/α-hetero) is 1. The van der Waals surface area contributed by atoms with Gasteiger partial charge in [-0.25, -0.2) is 4.79 Å². The molecule has 1 atom stereocenters. The van der Waals surface area contributed by atoms with Gasteiger partial charge in [-0.05, 0) is 61.4 Å². The number of nitrogens with zero attached hydrogens (tertiary/aromatic N) is 1. The Morgan fingerprint density at radius 1 is 1.09 bits per heavy atom. The van der Waals surface area contributed by atoms with Gasteiger partial charge >= 0.3 is 6.03 Å². The largest absolute Gasteiger partial charge is 0.497 e. The number of urea groups is 1. The molecule has 0 saturated heterocycles. The summed E-state index contributed by atoms with van der Waals surface area (Å²) in [4.78, 5) is 28.4. The van der Waals surface area contributed by atoms with E-state index >= 15 is 0 Å². The van der Waals surface area contributed by atoms with Crippen molar-refractivity contribution in [3.8, 4) is 5.75 Å². The van der Waals surface area contributed by atoms with Crippen molar-refractivity contribution < 1.29 is 18.7 Å². The van der Waals surface area contributed by atoms with Crippen molar-refractivity contribution in [3.63, 3.8) is 0 Å². The Balaban J connectivity index is 1.63. The first-order valence-electron chi connectivity index (χ1n) is 10.6. The van der Waals surface area contributed by atoms with E-state index in [-0.39, 0.29) is 11.8 Å². The zero-order valence-corrected chi connectivity index (χ0v) is 17.6. The molecule has 162 valence electrons. The van der Waals surface area contributed by atoms with Gasteiger partial charge in [-0.15, -0.1) is 0 Å². The van der Waals surface area contributed by atoms with Gasteiger partial charge in [0.05, 0.1) is 24.7 Å². The minimum Gasteiger partial charge on any atom is -0.497 e. The summed E-state index contributed by atoms with van der Waals surface area (Å²) in [7, 11) is 1.59. The lowest BCUT2D eigenvalue weighted by molar-refractivity contribution is -0.116. The molecular weight excluding hydrogens is 406 g/mol. The van der Waals surface area contributed by atoms with Gasteiger partial charge in [0.2, 0.25) is 0 Å². The molecule has 2 amide bonds. The molecule has 2 aliphatic rings. The van der Waals surface area contributed by atoms with Gasteiger partial charge in [-0.2, -0.15) is 0 Å². The first-order chi connectivity index (χ1) is 15.7. The molecule has 2 N–H and O–H groups in total. The Morgan fingerprint density at radius 2 is 1.91 bits per heavy atom. The lowest BCUT2D eigenvalue weighted by Gasteiger charge is -2.32. The van der Waals surface area contributed by atoms with Crippen molar-refractivity contribution in [3.05, 3.63) is 84.0 Å². The van der Waals surface area contributed by atoms with Crippen LogP contribution in [0, 0.1) is 0 Å². The monoisotopic (exact) mass is 429 g/mol. The molecule has 2 aromatic carbocycles. The highest BCUT2D eigenvalue weighted by Crippen LogP contribution is 2.45. The topological polar surface area (TPSA) is 83.8 Å². The highest BCUT2D eigenvalue weighted by atomic mass is 16.5. The van der Waals surface area contributed by atoms with E-state index in [9.17, 15) is 9.59 Å². The Labute approximate surface area is 185 Å². The molecule has 0 spiro atoms. The lowest BCUT2D eigenvalue weighted by atomic mass is 9.88. The van der Waals surface area contributed by atoms with Crippen molar-refractivity contribution in [2.24, 2.45) is 0 Å². The molecule has 32 heavy (non-hydrogen) atoms. The minimum atomic E-state index is -0.679. The number of nitrogens with one attached hydrogen (secondary N) is 2. The number of hydrogen-bond donors (Lipinski definition) is 2. The van der Waals surface area contributed by atoms with Crippen molar-refractivity contribution in [2.45, 2.75) is 25.3 Å². The maximum atomic E-state index is 13.7. The Hall–Kier alpha value is -4.00. The van der Waals surface area contributed by atoms with E-state index in [1.807, 2.05) is 24.3 Å². The van der Waals surface area contributed by atoms with Gasteiger partial charge in [0.1, 0.15) is 17.6 Å². The van der Waals surface area contributed by atoms with Crippen LogP contribution < -0.4 is 20.3 Å². The van der Waals surface area contributed by atoms with E-state index < -0.39 is 6.04 Å². The molecule has 0 fully saturated rings. The van der Waals surface area contributed by atoms with Gasteiger partial charge in [-0.3, -0.25) is 9.69 Å². The molecule has 7 nitrogen and oxygen atoms in total. The summed E-state index contributed by atoms with van der Waals surface area (Å²) in [6.07, 6.45) is 3.52. The van der Waals surface area contributed by atoms with E-state index in [0.717, 1.165) is 24.2 Å². The van der Waals surface area contributed by atoms with Crippen LogP contribution in [0.1, 0.15) is 31.1 Å². The number of ketones is 1. The molecule has 2 heterocycles. The fourth-order valence-corrected chi connectivity index (χ4v) is 4.33. The quantitative estimate of drug-likeness (QED) is 0.574. The maximum Gasteiger partial charge on any atom is 0.327 e. The number of para-hydroxylation sites is 2. The van der Waals surface area contributed by atoms with Crippen LogP contribution in [0.5, 0.6) is 5.75 Å². The number of allylic oxidation sites excluding steroid dienone is 1. The van der Waals surface area contributed by atoms with E-state index in [1.165, 1.54) is 0 Å². The van der Waals surface area contributed by atoms with Crippen LogP contribution in [0.4, 0.5) is 21.9 Å². The smallest absolute Gasteiger partial charge is 0.327 e. The van der Waals surface area contributed by atoms with Gasteiger partial charge in [-0.1, -0.05) is 12.1 Å². The molecule has 1 aliphatic carbocycles. The summed E-state index contributed by atoms with van der Waals surface area (Å²) in [6, 6.07) is 17.2. The zero-order chi connectivity index (χ0) is 22.1. The molecule has 0 saturated carbocycles. The minimum absolute atomic E-state index is 0.0233. The second kappa shape index (κ2) is 8.26. The van der Waals surface area contributed by atoms with E-state index in [4.69, 9.17) is 9.15 Å². The molecule has 0 radical (unpaired) electrons. The van der Waals surface area contributed by atoms with Gasteiger partial charge in [0.15, 0.2) is 5.78 Å². The number of carbonyl (C=O) groups excluding carboxylic acids is 2. The van der Waals surface area contributed by atoms with Crippen LogP contribution >= 0.6 is 0 Å². The number of amides is 2. The molecule has 0 unspecified atom stereocenters. The van der Waals surface area contributed by atoms with E-state index in [0.29, 0.717) is 34.9 Å². The van der Waals surface area contributed by atoms with Gasteiger partial charge in [0, 0.05) is 23.4 Å². The number of fused-ring (bicyclic) bond motifs is 1. The summed E-state index contributed by atoms with van der Waals surface area (Å²) >= 11 is 0. The van der Waals surface area contributed by atoms with Crippen LogP contribution in [0.2, 0.25) is 0 Å². The average molecular weight is 429 g/mol. The summed E-state index contributed by atoms with van der Waals surface area (Å²) in [5.74, 6) is 1.26. The summed E-state index contributed by atoms with van der Waals surface area (Å²) in [6.45, 7) is 0. The van der Waals surface area contributed by atoms with Crippen LogP contribution in [-0.4, -0.2) is 18.9 Å². The standard InChI is InChI=1S/C25H23N3O4/c1-31-17-13-11-16(12-14-17)26-25(30)28-20-8-3-2-6-18(20)27-19-7-4-9-21(29)23(19)24(28)22-10-5-15-32-22/h2-3,5-6,8,10-15,24,27H,4,7,9H2,1H3,(H,26,30)/t24-/m1/s1. The van der Waals surface area contributed by atoms with Crippen LogP contribution in [0.3, 0.4) is 0 Å². The predicted octanol–water partition coefficient (Wildman–Crippen LogP) is 5.50. The average Bonchev–Trinajstić information content (AvgIpc) is 3.29. The molecule has 3 aromatic rings. The summed E-state index contributed by atoms with van der Waals surface area (Å²) in [5.41, 5.74) is 3.48. The van der Waals surface area contributed by atoms with Crippen molar-refractivity contribution in [2.75, 3.05) is 22.6 Å². The number of methoxy groups -OCH3 is 1. The Bertz CT molecular complexity index is 1180. The lowest BCUT2D eigenvalue weighted by Crippen LogP contribution is -2.40. The first kappa shape index (κ1) is 19.9. The summed E-state index contributed by atoms with van der Waals surface area (Å²) < 4.78 is 11.0. The fraction of sp³-hybridized carbons (Fsp3) is 0.200. The fourth-order valence-electron chi connectivity index (χ4n) is 4.33. The Kier molecular flexibility index (Phi) is 5.15. The second-order valence-corrected chi connectivity index (χ2v) is 7.76. The normalized spacial score (nSPS) is 17.7. The molecule has 1 aromatic heterocycles. The SMILES string of the molecule is COc1ccc(NC(=O)N2c3ccccc3NC3=C(C(=O)CCC3)[C@H]2c2ccco2)cc1. The number of ether oxygens (including phenoxy) is 1. The highest BCUT2D eigenvalue weighted by Gasteiger charge is 2.41. The number of benzene rings is 2. The third kappa shape index (κ3) is 3.51. The zero-order valence-electron chi connectivity index (χ0n) is 17.6. The third-order valence-electron chi connectivity index (χ3n) is 5.81. The summed E-state index contributed by atoms with van der Waals surface area (Å²) in [5, 5.41) is 6.39. The number of rotatable bonds is 3. The second-order valence-electron chi connectivity index (χ2n) is 7.76. The Morgan fingerprint density at radius 3 is 2.66 bits per heavy atom. The number of carbonyl (C=O) groups is 2. The highest BCUT2D eigenvalue weighted by molar-refractivity contribution is 6.09. The van der Waals surface area contributed by atoms with Crippen LogP contribution in [0.25, 0.3) is 0 Å². The van der Waals surface area contributed by atoms with E-state index in [2.05, 4.69) is 10.6 Å². The van der Waals surface area contributed by atoms with Crippen molar-refractivity contribution in [1.29, 1.82) is 0 Å². The van der Waals surface area contributed by atoms with E-state index in [1.54, 1.807) is 54.7 Å². The maximum absolute atomic E-state index is 13.7. The van der Waals surface area contributed by atoms with Crippen LogP contribution in [-0.2, 0) is 4.79 Å². The number of furan rings is 1.